The van der Waals surface area contributed by atoms with Crippen molar-refractivity contribution in [3.05, 3.63) is 24.0 Å². The summed E-state index contributed by atoms with van der Waals surface area (Å²) in [6, 6.07) is 2.80. The molecule has 0 bridgehead atoms. The largest absolute Gasteiger partial charge is 0.351 e. The number of nitrogens with one attached hydrogen (secondary N) is 1. The number of carbonyl (C=O) groups is 2. The van der Waals surface area contributed by atoms with Crippen molar-refractivity contribution < 1.29 is 14.0 Å². The van der Waals surface area contributed by atoms with Crippen molar-refractivity contribution in [2.45, 2.75) is 26.3 Å². The fraction of sp³-hybridized carbons (Fsp3) is 0.385. The van der Waals surface area contributed by atoms with Crippen LogP contribution in [0.5, 0.6) is 0 Å². The summed E-state index contributed by atoms with van der Waals surface area (Å²) in [6.45, 7) is 3.77. The van der Waals surface area contributed by atoms with Crippen LogP contribution in [-0.4, -0.2) is 18.0 Å². The summed E-state index contributed by atoms with van der Waals surface area (Å²) in [5.74, 6) is -1.07. The Morgan fingerprint density at radius 1 is 1.58 bits per heavy atom. The van der Waals surface area contributed by atoms with E-state index in [0.29, 0.717) is 12.1 Å². The summed E-state index contributed by atoms with van der Waals surface area (Å²) in [5.41, 5.74) is 5.67. The number of primary amides is 1. The van der Waals surface area contributed by atoms with Gasteiger partial charge in [-0.05, 0) is 18.1 Å². The molecule has 19 heavy (non-hydrogen) atoms. The number of hydrogen-bond donors (Lipinski definition) is 2. The van der Waals surface area contributed by atoms with Crippen molar-refractivity contribution in [3.8, 4) is 0 Å². The fourth-order valence-electron chi connectivity index (χ4n) is 2.29. The molecule has 1 aliphatic heterocycles. The highest BCUT2D eigenvalue weighted by atomic mass is 19.1. The SMILES string of the molecule is CCC(C)C1C(=O)Nc2c(F)cccc2N1C(N)=O. The number of nitrogens with two attached hydrogens (primary N) is 1. The highest BCUT2D eigenvalue weighted by molar-refractivity contribution is 6.11. The van der Waals surface area contributed by atoms with Gasteiger partial charge in [-0.15, -0.1) is 0 Å². The van der Waals surface area contributed by atoms with Crippen LogP contribution in [0.1, 0.15) is 20.3 Å². The number of hydrogen-bond acceptors (Lipinski definition) is 2. The number of para-hydroxylation sites is 1. The third kappa shape index (κ3) is 2.14. The van der Waals surface area contributed by atoms with Gasteiger partial charge in [-0.2, -0.15) is 0 Å². The Hall–Kier alpha value is -2.11. The molecule has 2 unspecified atom stereocenters. The van der Waals surface area contributed by atoms with E-state index in [-0.39, 0.29) is 11.6 Å². The van der Waals surface area contributed by atoms with Crippen molar-refractivity contribution in [1.29, 1.82) is 0 Å². The van der Waals surface area contributed by atoms with Crippen molar-refractivity contribution in [2.75, 3.05) is 10.2 Å². The van der Waals surface area contributed by atoms with Gasteiger partial charge in [0.1, 0.15) is 17.5 Å². The molecule has 0 aliphatic carbocycles. The van der Waals surface area contributed by atoms with E-state index in [4.69, 9.17) is 5.73 Å². The first kappa shape index (κ1) is 13.3. The predicted molar refractivity (Wildman–Crippen MR) is 70.3 cm³/mol. The average molecular weight is 265 g/mol. The monoisotopic (exact) mass is 265 g/mol. The number of carbonyl (C=O) groups excluding carboxylic acids is 2. The molecule has 2 rings (SSSR count). The van der Waals surface area contributed by atoms with Gasteiger partial charge in [-0.3, -0.25) is 9.69 Å². The highest BCUT2D eigenvalue weighted by Gasteiger charge is 2.39. The molecule has 0 saturated heterocycles. The Labute approximate surface area is 110 Å². The van der Waals surface area contributed by atoms with Crippen LogP contribution in [-0.2, 0) is 4.79 Å². The van der Waals surface area contributed by atoms with E-state index in [0.717, 1.165) is 0 Å². The summed E-state index contributed by atoms with van der Waals surface area (Å²) in [4.78, 5) is 24.9. The molecule has 102 valence electrons. The topological polar surface area (TPSA) is 75.4 Å². The maximum absolute atomic E-state index is 13.7. The zero-order chi connectivity index (χ0) is 14.2. The molecule has 0 radical (unpaired) electrons. The summed E-state index contributed by atoms with van der Waals surface area (Å²) in [6.07, 6.45) is 0.701. The normalized spacial score (nSPS) is 19.6. The lowest BCUT2D eigenvalue weighted by molar-refractivity contribution is -0.118. The van der Waals surface area contributed by atoms with Gasteiger partial charge in [0.15, 0.2) is 0 Å². The number of halogens is 1. The number of benzene rings is 1. The first-order chi connectivity index (χ1) is 8.97. The van der Waals surface area contributed by atoms with Crippen LogP contribution in [0.15, 0.2) is 18.2 Å². The molecule has 2 atom stereocenters. The molecule has 3 N–H and O–H groups in total. The van der Waals surface area contributed by atoms with E-state index in [2.05, 4.69) is 5.32 Å². The van der Waals surface area contributed by atoms with Crippen molar-refractivity contribution in [3.63, 3.8) is 0 Å². The number of nitrogens with zero attached hydrogens (tertiary/aromatic N) is 1. The third-order valence-electron chi connectivity index (χ3n) is 3.47. The van der Waals surface area contributed by atoms with Gasteiger partial charge in [0.25, 0.3) is 0 Å². The molecule has 3 amide bonds. The predicted octanol–water partition coefficient (Wildman–Crippen LogP) is 2.08. The second-order valence-corrected chi connectivity index (χ2v) is 4.66. The maximum Gasteiger partial charge on any atom is 0.320 e. The Bertz CT molecular complexity index is 533. The molecule has 1 aromatic carbocycles. The van der Waals surface area contributed by atoms with Crippen LogP contribution in [0.3, 0.4) is 0 Å². The quantitative estimate of drug-likeness (QED) is 0.859. The lowest BCUT2D eigenvalue weighted by atomic mass is 9.94. The van der Waals surface area contributed by atoms with Crippen LogP contribution in [0, 0.1) is 11.7 Å². The van der Waals surface area contributed by atoms with E-state index in [9.17, 15) is 14.0 Å². The molecule has 0 spiro atoms. The lowest BCUT2D eigenvalue weighted by Crippen LogP contribution is -2.56. The van der Waals surface area contributed by atoms with Crippen LogP contribution in [0.4, 0.5) is 20.6 Å². The van der Waals surface area contributed by atoms with Crippen molar-refractivity contribution >= 4 is 23.3 Å². The Kier molecular flexibility index (Phi) is 3.42. The van der Waals surface area contributed by atoms with E-state index >= 15 is 0 Å². The minimum atomic E-state index is -0.757. The van der Waals surface area contributed by atoms with Gasteiger partial charge in [0.05, 0.1) is 5.69 Å². The van der Waals surface area contributed by atoms with Gasteiger partial charge in [0, 0.05) is 0 Å². The van der Waals surface area contributed by atoms with Gasteiger partial charge in [0.2, 0.25) is 5.91 Å². The van der Waals surface area contributed by atoms with E-state index in [1.165, 1.54) is 17.0 Å². The Morgan fingerprint density at radius 3 is 2.84 bits per heavy atom. The highest BCUT2D eigenvalue weighted by Crippen LogP contribution is 2.36. The van der Waals surface area contributed by atoms with Crippen LogP contribution in [0.2, 0.25) is 0 Å². The first-order valence-electron chi connectivity index (χ1n) is 6.15. The zero-order valence-electron chi connectivity index (χ0n) is 10.8. The first-order valence-corrected chi connectivity index (χ1v) is 6.15. The number of rotatable bonds is 2. The Morgan fingerprint density at radius 2 is 2.26 bits per heavy atom. The minimum absolute atomic E-state index is 0.00542. The molecule has 5 nitrogen and oxygen atoms in total. The maximum atomic E-state index is 13.7. The second kappa shape index (κ2) is 4.87. The molecule has 1 aromatic rings. The molecule has 6 heteroatoms. The van der Waals surface area contributed by atoms with Crippen LogP contribution in [0.25, 0.3) is 0 Å². The summed E-state index contributed by atoms with van der Waals surface area (Å²) in [5, 5.41) is 2.51. The van der Waals surface area contributed by atoms with E-state index < -0.39 is 23.8 Å². The van der Waals surface area contributed by atoms with Crippen LogP contribution < -0.4 is 16.0 Å². The molecule has 0 saturated carbocycles. The average Bonchev–Trinajstić information content (AvgIpc) is 2.37. The molecular weight excluding hydrogens is 249 g/mol. The van der Waals surface area contributed by atoms with Gasteiger partial charge in [-0.25, -0.2) is 9.18 Å². The smallest absolute Gasteiger partial charge is 0.320 e. The Balaban J connectivity index is 2.57. The number of fused-ring (bicyclic) bond motifs is 1. The van der Waals surface area contributed by atoms with Crippen molar-refractivity contribution in [1.82, 2.24) is 0 Å². The summed E-state index contributed by atoms with van der Waals surface area (Å²) >= 11 is 0. The van der Waals surface area contributed by atoms with Crippen molar-refractivity contribution in [2.24, 2.45) is 11.7 Å². The number of anilines is 2. The third-order valence-corrected chi connectivity index (χ3v) is 3.47. The molecule has 1 heterocycles. The molecule has 0 fully saturated rings. The second-order valence-electron chi connectivity index (χ2n) is 4.66. The molecular formula is C13H16FN3O2. The number of urea groups is 1. The molecule has 0 aromatic heterocycles. The standard InChI is InChI=1S/C13H16FN3O2/c1-3-7(2)11-12(18)16-10-8(14)5-4-6-9(10)17(11)13(15)19/h4-7,11H,3H2,1-2H3,(H2,15,19)(H,16,18). The number of amides is 3. The van der Waals surface area contributed by atoms with Gasteiger partial charge < -0.3 is 11.1 Å². The van der Waals surface area contributed by atoms with Gasteiger partial charge in [-0.1, -0.05) is 26.3 Å². The van der Waals surface area contributed by atoms with E-state index in [1.54, 1.807) is 6.07 Å². The lowest BCUT2D eigenvalue weighted by Gasteiger charge is -2.38. The molecule has 1 aliphatic rings. The summed E-state index contributed by atoms with van der Waals surface area (Å²) < 4.78 is 13.7. The zero-order valence-corrected chi connectivity index (χ0v) is 10.8. The van der Waals surface area contributed by atoms with E-state index in [1.807, 2.05) is 13.8 Å². The summed E-state index contributed by atoms with van der Waals surface area (Å²) in [7, 11) is 0. The minimum Gasteiger partial charge on any atom is -0.351 e. The van der Waals surface area contributed by atoms with Crippen LogP contribution >= 0.6 is 0 Å². The van der Waals surface area contributed by atoms with Gasteiger partial charge >= 0.3 is 6.03 Å². The fourth-order valence-corrected chi connectivity index (χ4v) is 2.29.